The normalized spacial score (nSPS) is 10.7. The fourth-order valence-electron chi connectivity index (χ4n) is 2.14. The number of fused-ring (bicyclic) bond motifs is 1. The molecule has 0 atom stereocenters. The lowest BCUT2D eigenvalue weighted by molar-refractivity contribution is 0.0527. The highest BCUT2D eigenvalue weighted by atomic mass is 79.9. The topological polar surface area (TPSA) is 51.2 Å². The number of carbonyl (C=O) groups is 1. The van der Waals surface area contributed by atoms with E-state index in [0.29, 0.717) is 12.2 Å². The number of hydrogen-bond acceptors (Lipinski definition) is 4. The molecule has 0 aliphatic rings. The number of rotatable bonds is 5. The maximum absolute atomic E-state index is 12.1. The highest BCUT2D eigenvalue weighted by molar-refractivity contribution is 9.10. The van der Waals surface area contributed by atoms with Gasteiger partial charge in [-0.15, -0.1) is 0 Å². The summed E-state index contributed by atoms with van der Waals surface area (Å²) < 4.78 is 6.07. The van der Waals surface area contributed by atoms with Crippen LogP contribution >= 0.6 is 15.9 Å². The third kappa shape index (κ3) is 3.18. The largest absolute Gasteiger partial charge is 0.462 e. The Morgan fingerprint density at radius 1 is 1.38 bits per heavy atom. The summed E-state index contributed by atoms with van der Waals surface area (Å²) in [6.45, 7) is 7.04. The average Bonchev–Trinajstić information content (AvgIpc) is 2.48. The molecule has 0 amide bonds. The molecule has 0 aliphatic carbocycles. The van der Waals surface area contributed by atoms with Crippen LogP contribution in [0.1, 0.15) is 36.2 Å². The summed E-state index contributed by atoms with van der Waals surface area (Å²) in [6.07, 6.45) is 2.56. The Labute approximate surface area is 133 Å². The molecule has 0 bridgehead atoms. The molecule has 0 saturated heterocycles. The predicted octanol–water partition coefficient (Wildman–Crippen LogP) is 4.30. The summed E-state index contributed by atoms with van der Waals surface area (Å²) in [5, 5.41) is 4.25. The molecule has 0 saturated carbocycles. The van der Waals surface area contributed by atoms with E-state index in [9.17, 15) is 4.79 Å². The molecule has 0 radical (unpaired) electrons. The Hall–Kier alpha value is -1.62. The maximum Gasteiger partial charge on any atom is 0.341 e. The lowest BCUT2D eigenvalue weighted by atomic mass is 10.1. The van der Waals surface area contributed by atoms with Crippen LogP contribution in [0.5, 0.6) is 0 Å². The zero-order valence-corrected chi connectivity index (χ0v) is 14.1. The number of hydrogen-bond donors (Lipinski definition) is 1. The number of aromatic nitrogens is 1. The van der Waals surface area contributed by atoms with Crippen LogP contribution < -0.4 is 5.32 Å². The quantitative estimate of drug-likeness (QED) is 0.816. The van der Waals surface area contributed by atoms with Crippen LogP contribution in [0.3, 0.4) is 0 Å². The molecule has 4 nitrogen and oxygen atoms in total. The van der Waals surface area contributed by atoms with Gasteiger partial charge in [0.2, 0.25) is 0 Å². The summed E-state index contributed by atoms with van der Waals surface area (Å²) in [5.41, 5.74) is 3.23. The van der Waals surface area contributed by atoms with E-state index < -0.39 is 0 Å². The number of esters is 1. The number of nitrogens with zero attached hydrogens (tertiary/aromatic N) is 1. The molecular formula is C16H19BrN2O2. The molecule has 2 rings (SSSR count). The number of benzene rings is 1. The summed E-state index contributed by atoms with van der Waals surface area (Å²) >= 11 is 3.57. The van der Waals surface area contributed by atoms with Crippen LogP contribution in [0.4, 0.5) is 5.69 Å². The number of halogens is 1. The van der Waals surface area contributed by atoms with Crippen molar-refractivity contribution in [3.05, 3.63) is 33.9 Å². The Morgan fingerprint density at radius 2 is 2.14 bits per heavy atom. The molecule has 2 aromatic rings. The first-order valence-corrected chi connectivity index (χ1v) is 7.88. The number of aryl methyl sites for hydroxylation is 1. The van der Waals surface area contributed by atoms with Crippen molar-refractivity contribution in [1.82, 2.24) is 4.98 Å². The van der Waals surface area contributed by atoms with E-state index in [4.69, 9.17) is 4.74 Å². The van der Waals surface area contributed by atoms with Gasteiger partial charge in [0, 0.05) is 22.6 Å². The number of pyridine rings is 1. The van der Waals surface area contributed by atoms with Gasteiger partial charge in [0.25, 0.3) is 0 Å². The minimum absolute atomic E-state index is 0.345. The Morgan fingerprint density at radius 3 is 2.81 bits per heavy atom. The second kappa shape index (κ2) is 6.89. The van der Waals surface area contributed by atoms with Gasteiger partial charge in [-0.3, -0.25) is 4.98 Å². The average molecular weight is 351 g/mol. The van der Waals surface area contributed by atoms with Gasteiger partial charge < -0.3 is 10.1 Å². The van der Waals surface area contributed by atoms with Crippen LogP contribution in [0, 0.1) is 6.92 Å². The number of carbonyl (C=O) groups excluding carboxylic acids is 1. The van der Waals surface area contributed by atoms with Gasteiger partial charge in [-0.1, -0.05) is 19.1 Å². The standard InChI is InChI=1S/C16H19BrN2O2/c1-4-8-18-14-11-7-6-10(3)13(17)15(11)19-9-12(14)16(20)21-5-2/h6-7,9H,4-5,8H2,1-3H3,(H,18,19). The summed E-state index contributed by atoms with van der Waals surface area (Å²) in [6, 6.07) is 4.00. The van der Waals surface area contributed by atoms with Gasteiger partial charge in [0.15, 0.2) is 0 Å². The molecular weight excluding hydrogens is 332 g/mol. The van der Waals surface area contributed by atoms with Gasteiger partial charge in [0.1, 0.15) is 5.56 Å². The number of ether oxygens (including phenoxy) is 1. The highest BCUT2D eigenvalue weighted by Gasteiger charge is 2.17. The number of anilines is 1. The Bertz CT molecular complexity index is 671. The molecule has 0 fully saturated rings. The van der Waals surface area contributed by atoms with Crippen molar-refractivity contribution in [2.75, 3.05) is 18.5 Å². The fourth-order valence-corrected chi connectivity index (χ4v) is 2.58. The first-order chi connectivity index (χ1) is 10.1. The van der Waals surface area contributed by atoms with Gasteiger partial charge >= 0.3 is 5.97 Å². The molecule has 1 aromatic carbocycles. The summed E-state index contributed by atoms with van der Waals surface area (Å²) in [4.78, 5) is 16.5. The van der Waals surface area contributed by atoms with Gasteiger partial charge in [0.05, 0.1) is 17.8 Å². The molecule has 1 heterocycles. The maximum atomic E-state index is 12.1. The van der Waals surface area contributed by atoms with Gasteiger partial charge in [-0.2, -0.15) is 0 Å². The summed E-state index contributed by atoms with van der Waals surface area (Å²) in [5.74, 6) is -0.345. The molecule has 0 spiro atoms. The van der Waals surface area contributed by atoms with Gasteiger partial charge in [-0.25, -0.2) is 4.79 Å². The predicted molar refractivity (Wildman–Crippen MR) is 88.9 cm³/mol. The fraction of sp³-hybridized carbons (Fsp3) is 0.375. The van der Waals surface area contributed by atoms with E-state index in [-0.39, 0.29) is 5.97 Å². The van der Waals surface area contributed by atoms with Crippen molar-refractivity contribution in [3.8, 4) is 0 Å². The van der Waals surface area contributed by atoms with Crippen LogP contribution in [-0.2, 0) is 4.74 Å². The van der Waals surface area contributed by atoms with Crippen molar-refractivity contribution in [3.63, 3.8) is 0 Å². The minimum atomic E-state index is -0.345. The van der Waals surface area contributed by atoms with Gasteiger partial charge in [-0.05, 0) is 41.8 Å². The van der Waals surface area contributed by atoms with Crippen molar-refractivity contribution in [1.29, 1.82) is 0 Å². The second-order valence-electron chi connectivity index (χ2n) is 4.79. The smallest absolute Gasteiger partial charge is 0.341 e. The van der Waals surface area contributed by atoms with E-state index >= 15 is 0 Å². The molecule has 112 valence electrons. The van der Waals surface area contributed by atoms with E-state index in [2.05, 4.69) is 33.2 Å². The molecule has 1 N–H and O–H groups in total. The minimum Gasteiger partial charge on any atom is -0.462 e. The monoisotopic (exact) mass is 350 g/mol. The molecule has 5 heteroatoms. The third-order valence-electron chi connectivity index (χ3n) is 3.22. The molecule has 0 aliphatic heterocycles. The van der Waals surface area contributed by atoms with E-state index in [1.165, 1.54) is 0 Å². The lowest BCUT2D eigenvalue weighted by Crippen LogP contribution is -2.11. The van der Waals surface area contributed by atoms with E-state index in [0.717, 1.165) is 39.6 Å². The van der Waals surface area contributed by atoms with Crippen molar-refractivity contribution in [2.24, 2.45) is 0 Å². The van der Waals surface area contributed by atoms with Crippen LogP contribution in [0.25, 0.3) is 10.9 Å². The third-order valence-corrected chi connectivity index (χ3v) is 4.22. The molecule has 0 unspecified atom stereocenters. The molecule has 1 aromatic heterocycles. The van der Waals surface area contributed by atoms with E-state index in [1.807, 2.05) is 19.1 Å². The second-order valence-corrected chi connectivity index (χ2v) is 5.58. The first-order valence-electron chi connectivity index (χ1n) is 7.08. The first kappa shape index (κ1) is 15.8. The van der Waals surface area contributed by atoms with Crippen LogP contribution in [0.15, 0.2) is 22.8 Å². The van der Waals surface area contributed by atoms with Crippen molar-refractivity contribution >= 4 is 38.5 Å². The SMILES string of the molecule is CCCNc1c(C(=O)OCC)cnc2c(Br)c(C)ccc12. The zero-order valence-electron chi connectivity index (χ0n) is 12.5. The summed E-state index contributed by atoms with van der Waals surface area (Å²) in [7, 11) is 0. The van der Waals surface area contributed by atoms with E-state index in [1.54, 1.807) is 13.1 Å². The zero-order chi connectivity index (χ0) is 15.4. The molecule has 21 heavy (non-hydrogen) atoms. The Kier molecular flexibility index (Phi) is 5.17. The Balaban J connectivity index is 2.64. The lowest BCUT2D eigenvalue weighted by Gasteiger charge is -2.14. The van der Waals surface area contributed by atoms with Crippen molar-refractivity contribution < 1.29 is 9.53 Å². The van der Waals surface area contributed by atoms with Crippen LogP contribution in [-0.4, -0.2) is 24.1 Å². The van der Waals surface area contributed by atoms with Crippen LogP contribution in [0.2, 0.25) is 0 Å². The highest BCUT2D eigenvalue weighted by Crippen LogP contribution is 2.32. The van der Waals surface area contributed by atoms with Crippen molar-refractivity contribution in [2.45, 2.75) is 27.2 Å². The number of nitrogens with one attached hydrogen (secondary N) is 1.